The maximum atomic E-state index is 12.4. The number of hydrogen-bond acceptors (Lipinski definition) is 5. The molecule has 2 aromatic rings. The fraction of sp³-hybridized carbons (Fsp3) is 0.429. The summed E-state index contributed by atoms with van der Waals surface area (Å²) >= 11 is 7.20. The smallest absolute Gasteiger partial charge is 0.210 e. The van der Waals surface area contributed by atoms with E-state index in [0.717, 1.165) is 6.54 Å². The summed E-state index contributed by atoms with van der Waals surface area (Å²) in [4.78, 5) is 12.4. The van der Waals surface area contributed by atoms with Crippen molar-refractivity contribution in [3.63, 3.8) is 0 Å². The summed E-state index contributed by atoms with van der Waals surface area (Å²) in [5.74, 6) is 0.478. The van der Waals surface area contributed by atoms with Crippen molar-refractivity contribution in [3.05, 3.63) is 34.9 Å². The molecule has 0 saturated carbocycles. The molecule has 1 aromatic heterocycles. The lowest BCUT2D eigenvalue weighted by Gasteiger charge is -2.11. The summed E-state index contributed by atoms with van der Waals surface area (Å²) in [7, 11) is 0. The summed E-state index contributed by atoms with van der Waals surface area (Å²) in [6.45, 7) is 6.78. The van der Waals surface area contributed by atoms with Gasteiger partial charge in [0, 0.05) is 17.1 Å². The fourth-order valence-corrected chi connectivity index (χ4v) is 2.80. The number of halogens is 1. The van der Waals surface area contributed by atoms with Gasteiger partial charge in [0.1, 0.15) is 0 Å². The molecule has 0 spiro atoms. The maximum Gasteiger partial charge on any atom is 0.210 e. The van der Waals surface area contributed by atoms with Crippen LogP contribution in [0.2, 0.25) is 5.02 Å². The number of tetrazole rings is 1. The van der Waals surface area contributed by atoms with E-state index in [1.54, 1.807) is 28.9 Å². The molecule has 0 aliphatic heterocycles. The van der Waals surface area contributed by atoms with Gasteiger partial charge in [-0.2, -0.15) is 0 Å². The van der Waals surface area contributed by atoms with E-state index in [4.69, 9.17) is 11.6 Å². The molecule has 21 heavy (non-hydrogen) atoms. The zero-order valence-electron chi connectivity index (χ0n) is 12.2. The zero-order chi connectivity index (χ0) is 15.4. The minimum Gasteiger partial charge on any atom is -0.293 e. The van der Waals surface area contributed by atoms with E-state index in [1.165, 1.54) is 11.8 Å². The summed E-state index contributed by atoms with van der Waals surface area (Å²) in [5.41, 5.74) is 0.641. The summed E-state index contributed by atoms with van der Waals surface area (Å²) in [5, 5.41) is 12.7. The molecule has 0 aliphatic carbocycles. The van der Waals surface area contributed by atoms with Crippen molar-refractivity contribution in [2.45, 2.75) is 37.7 Å². The zero-order valence-corrected chi connectivity index (χ0v) is 13.7. The van der Waals surface area contributed by atoms with Crippen molar-refractivity contribution in [2.24, 2.45) is 5.92 Å². The molecule has 1 aromatic carbocycles. The Labute approximate surface area is 133 Å². The summed E-state index contributed by atoms with van der Waals surface area (Å²) in [6.07, 6.45) is 0. The van der Waals surface area contributed by atoms with Crippen LogP contribution in [0.1, 0.15) is 31.1 Å². The van der Waals surface area contributed by atoms with Gasteiger partial charge < -0.3 is 0 Å². The van der Waals surface area contributed by atoms with Crippen LogP contribution >= 0.6 is 23.4 Å². The molecule has 2 rings (SSSR count). The molecule has 7 heteroatoms. The van der Waals surface area contributed by atoms with E-state index >= 15 is 0 Å². The topological polar surface area (TPSA) is 60.7 Å². The highest BCUT2D eigenvalue weighted by molar-refractivity contribution is 8.00. The SMILES string of the molecule is CC(C)Cn1nnnc1SC(C)C(=O)c1ccc(Cl)cc1. The van der Waals surface area contributed by atoms with Crippen LogP contribution in [-0.4, -0.2) is 31.2 Å². The number of Topliss-reactive ketones (excluding diaryl/α,β-unsaturated/α-hetero) is 1. The summed E-state index contributed by atoms with van der Waals surface area (Å²) in [6, 6.07) is 6.90. The van der Waals surface area contributed by atoms with E-state index in [9.17, 15) is 4.79 Å². The van der Waals surface area contributed by atoms with Gasteiger partial charge in [-0.3, -0.25) is 4.79 Å². The van der Waals surface area contributed by atoms with Gasteiger partial charge in [0.25, 0.3) is 0 Å². The first-order valence-electron chi connectivity index (χ1n) is 6.70. The van der Waals surface area contributed by atoms with Crippen molar-refractivity contribution in [2.75, 3.05) is 0 Å². The lowest BCUT2D eigenvalue weighted by atomic mass is 10.1. The van der Waals surface area contributed by atoms with Crippen LogP contribution in [0.4, 0.5) is 0 Å². The lowest BCUT2D eigenvalue weighted by molar-refractivity contribution is 0.0994. The monoisotopic (exact) mass is 324 g/mol. The molecule has 1 heterocycles. The van der Waals surface area contributed by atoms with E-state index in [2.05, 4.69) is 29.4 Å². The van der Waals surface area contributed by atoms with Crippen molar-refractivity contribution >= 4 is 29.1 Å². The van der Waals surface area contributed by atoms with Crippen LogP contribution in [0, 0.1) is 5.92 Å². The largest absolute Gasteiger partial charge is 0.293 e. The number of benzene rings is 1. The first kappa shape index (κ1) is 16.0. The lowest BCUT2D eigenvalue weighted by Crippen LogP contribution is -2.15. The Hall–Kier alpha value is -1.40. The average Bonchev–Trinajstić information content (AvgIpc) is 2.85. The average molecular weight is 325 g/mol. The second kappa shape index (κ2) is 7.04. The standard InChI is InChI=1S/C14H17ClN4OS/c1-9(2)8-19-14(16-17-18-19)21-10(3)13(20)11-4-6-12(15)7-5-11/h4-7,9-10H,8H2,1-3H3. The molecule has 1 unspecified atom stereocenters. The van der Waals surface area contributed by atoms with Gasteiger partial charge in [-0.25, -0.2) is 4.68 Å². The van der Waals surface area contributed by atoms with Gasteiger partial charge in [0.2, 0.25) is 5.16 Å². The fourth-order valence-electron chi connectivity index (χ4n) is 1.80. The third-order valence-electron chi connectivity index (χ3n) is 2.82. The van der Waals surface area contributed by atoms with Crippen LogP contribution in [-0.2, 0) is 6.54 Å². The number of thioether (sulfide) groups is 1. The Morgan fingerprint density at radius 2 is 1.95 bits per heavy atom. The molecular formula is C14H17ClN4OS. The number of rotatable bonds is 6. The van der Waals surface area contributed by atoms with Crippen molar-refractivity contribution in [1.29, 1.82) is 0 Å². The normalized spacial score (nSPS) is 12.6. The highest BCUT2D eigenvalue weighted by atomic mass is 35.5. The molecule has 0 fully saturated rings. The number of aromatic nitrogens is 4. The molecule has 0 N–H and O–H groups in total. The Morgan fingerprint density at radius 3 is 2.57 bits per heavy atom. The number of carbonyl (C=O) groups is 1. The molecule has 1 atom stereocenters. The molecular weight excluding hydrogens is 308 g/mol. The molecule has 0 saturated heterocycles. The Balaban J connectivity index is 2.07. The molecule has 0 radical (unpaired) electrons. The van der Waals surface area contributed by atoms with Gasteiger partial charge >= 0.3 is 0 Å². The predicted molar refractivity (Wildman–Crippen MR) is 83.8 cm³/mol. The number of nitrogens with zero attached hydrogens (tertiary/aromatic N) is 4. The van der Waals surface area contributed by atoms with Crippen LogP contribution in [0.25, 0.3) is 0 Å². The van der Waals surface area contributed by atoms with Crippen LogP contribution in [0.3, 0.4) is 0 Å². The van der Waals surface area contributed by atoms with Gasteiger partial charge in [0.15, 0.2) is 5.78 Å². The number of ketones is 1. The quantitative estimate of drug-likeness (QED) is 0.602. The first-order valence-corrected chi connectivity index (χ1v) is 7.95. The van der Waals surface area contributed by atoms with Gasteiger partial charge in [0.05, 0.1) is 5.25 Å². The Kier molecular flexibility index (Phi) is 5.36. The molecule has 0 aliphatic rings. The second-order valence-electron chi connectivity index (χ2n) is 5.17. The molecule has 0 amide bonds. The molecule has 112 valence electrons. The third-order valence-corrected chi connectivity index (χ3v) is 4.14. The number of hydrogen-bond donors (Lipinski definition) is 0. The van der Waals surface area contributed by atoms with E-state index in [1.807, 2.05) is 6.92 Å². The maximum absolute atomic E-state index is 12.4. The second-order valence-corrected chi connectivity index (χ2v) is 6.91. The van der Waals surface area contributed by atoms with Crippen LogP contribution in [0.15, 0.2) is 29.4 Å². The van der Waals surface area contributed by atoms with Gasteiger partial charge in [-0.05, 0) is 47.5 Å². The van der Waals surface area contributed by atoms with Gasteiger partial charge in [-0.1, -0.05) is 37.2 Å². The number of carbonyl (C=O) groups excluding carboxylic acids is 1. The third kappa shape index (κ3) is 4.28. The Bertz CT molecular complexity index is 612. The van der Waals surface area contributed by atoms with E-state index in [0.29, 0.717) is 21.7 Å². The Morgan fingerprint density at radius 1 is 1.29 bits per heavy atom. The minimum atomic E-state index is -0.261. The first-order chi connectivity index (χ1) is 9.97. The van der Waals surface area contributed by atoms with Crippen molar-refractivity contribution < 1.29 is 4.79 Å². The molecule has 5 nitrogen and oxygen atoms in total. The van der Waals surface area contributed by atoms with Crippen molar-refractivity contribution in [3.8, 4) is 0 Å². The highest BCUT2D eigenvalue weighted by Crippen LogP contribution is 2.24. The van der Waals surface area contributed by atoms with Crippen molar-refractivity contribution in [1.82, 2.24) is 20.2 Å². The van der Waals surface area contributed by atoms with E-state index < -0.39 is 0 Å². The predicted octanol–water partition coefficient (Wildman–Crippen LogP) is 3.35. The summed E-state index contributed by atoms with van der Waals surface area (Å²) < 4.78 is 1.74. The highest BCUT2D eigenvalue weighted by Gasteiger charge is 2.20. The van der Waals surface area contributed by atoms with Crippen LogP contribution in [0.5, 0.6) is 0 Å². The van der Waals surface area contributed by atoms with Gasteiger partial charge in [-0.15, -0.1) is 5.10 Å². The molecule has 0 bridgehead atoms. The van der Waals surface area contributed by atoms with E-state index in [-0.39, 0.29) is 11.0 Å². The van der Waals surface area contributed by atoms with Crippen LogP contribution < -0.4 is 0 Å². The minimum absolute atomic E-state index is 0.0377.